The number of halogens is 3. The van der Waals surface area contributed by atoms with E-state index in [-0.39, 0.29) is 30.5 Å². The van der Waals surface area contributed by atoms with Crippen LogP contribution in [0.4, 0.5) is 18.3 Å². The third-order valence-electron chi connectivity index (χ3n) is 3.93. The molecule has 1 aromatic rings. The number of nitrogens with one attached hydrogen (secondary N) is 1. The Morgan fingerprint density at radius 1 is 1.52 bits per heavy atom. The normalized spacial score (nSPS) is 22.8. The Morgan fingerprint density at radius 2 is 2.24 bits per heavy atom. The fourth-order valence-corrected chi connectivity index (χ4v) is 3.70. The third kappa shape index (κ3) is 2.49. The summed E-state index contributed by atoms with van der Waals surface area (Å²) in [6.45, 7) is 2.01. The lowest BCUT2D eigenvalue weighted by molar-refractivity contribution is -0.151. The zero-order chi connectivity index (χ0) is 15.3. The molecule has 2 aliphatic rings. The van der Waals surface area contributed by atoms with E-state index in [0.29, 0.717) is 18.5 Å². The molecule has 0 bridgehead atoms. The largest absolute Gasteiger partial charge is 0.465 e. The quantitative estimate of drug-likeness (QED) is 0.865. The number of carbonyl (C=O) groups is 1. The van der Waals surface area contributed by atoms with Crippen LogP contribution < -0.4 is 5.32 Å². The molecular weight excluding hydrogens is 305 g/mol. The molecule has 2 aliphatic carbocycles. The van der Waals surface area contributed by atoms with Gasteiger partial charge in [0.15, 0.2) is 5.13 Å². The highest BCUT2D eigenvalue weighted by molar-refractivity contribution is 7.15. The maximum Gasteiger partial charge on any atom is 0.411 e. The topological polar surface area (TPSA) is 51.2 Å². The van der Waals surface area contributed by atoms with Gasteiger partial charge in [-0.25, -0.2) is 4.98 Å². The molecule has 0 radical (unpaired) electrons. The highest BCUT2D eigenvalue weighted by atomic mass is 32.1. The maximum atomic E-state index is 12.9. The van der Waals surface area contributed by atoms with Gasteiger partial charge in [-0.1, -0.05) is 0 Å². The minimum absolute atomic E-state index is 0.0715. The number of anilines is 1. The van der Waals surface area contributed by atoms with E-state index < -0.39 is 17.6 Å². The number of hydrogen-bond acceptors (Lipinski definition) is 5. The summed E-state index contributed by atoms with van der Waals surface area (Å²) in [6.07, 6.45) is -2.84. The smallest absolute Gasteiger partial charge is 0.411 e. The molecule has 1 fully saturated rings. The molecule has 3 rings (SSSR count). The van der Waals surface area contributed by atoms with Crippen molar-refractivity contribution in [2.45, 2.75) is 50.2 Å². The lowest BCUT2D eigenvalue weighted by Gasteiger charge is -2.20. The van der Waals surface area contributed by atoms with E-state index in [4.69, 9.17) is 4.74 Å². The summed E-state index contributed by atoms with van der Waals surface area (Å²) >= 11 is 1.21. The number of esters is 1. The number of thiazole rings is 1. The number of alkyl halides is 3. The van der Waals surface area contributed by atoms with E-state index >= 15 is 0 Å². The average Bonchev–Trinajstić information content (AvgIpc) is 2.90. The van der Waals surface area contributed by atoms with Crippen molar-refractivity contribution >= 4 is 22.4 Å². The molecule has 1 aromatic heterocycles. The first-order valence-corrected chi connectivity index (χ1v) is 7.69. The van der Waals surface area contributed by atoms with E-state index in [1.165, 1.54) is 11.3 Å². The lowest BCUT2D eigenvalue weighted by Crippen LogP contribution is -2.38. The van der Waals surface area contributed by atoms with Crippen molar-refractivity contribution in [3.05, 3.63) is 10.6 Å². The summed E-state index contributed by atoms with van der Waals surface area (Å²) in [4.78, 5) is 16.9. The van der Waals surface area contributed by atoms with Crippen LogP contribution in [0.3, 0.4) is 0 Å². The van der Waals surface area contributed by atoms with Crippen LogP contribution in [-0.2, 0) is 16.0 Å². The van der Waals surface area contributed by atoms with Crippen molar-refractivity contribution in [1.29, 1.82) is 0 Å². The Morgan fingerprint density at radius 3 is 2.81 bits per heavy atom. The second kappa shape index (κ2) is 4.86. The number of fused-ring (bicyclic) bond motifs is 1. The van der Waals surface area contributed by atoms with Crippen LogP contribution in [0.2, 0.25) is 0 Å². The molecule has 0 amide bonds. The minimum Gasteiger partial charge on any atom is -0.465 e. The van der Waals surface area contributed by atoms with Gasteiger partial charge in [0.25, 0.3) is 0 Å². The van der Waals surface area contributed by atoms with Crippen molar-refractivity contribution in [1.82, 2.24) is 4.98 Å². The second-order valence-corrected chi connectivity index (χ2v) is 6.46. The summed E-state index contributed by atoms with van der Waals surface area (Å²) in [5.41, 5.74) is -1.24. The van der Waals surface area contributed by atoms with E-state index in [1.807, 2.05) is 0 Å². The summed E-state index contributed by atoms with van der Waals surface area (Å²) < 4.78 is 43.8. The van der Waals surface area contributed by atoms with E-state index in [9.17, 15) is 18.0 Å². The Bertz CT molecular complexity index is 566. The molecule has 1 unspecified atom stereocenters. The molecule has 116 valence electrons. The van der Waals surface area contributed by atoms with E-state index in [1.54, 1.807) is 6.92 Å². The van der Waals surface area contributed by atoms with Gasteiger partial charge in [0, 0.05) is 4.88 Å². The van der Waals surface area contributed by atoms with Gasteiger partial charge >= 0.3 is 12.1 Å². The third-order valence-corrected chi connectivity index (χ3v) is 4.97. The summed E-state index contributed by atoms with van der Waals surface area (Å²) in [5.74, 6) is -0.780. The van der Waals surface area contributed by atoms with Crippen molar-refractivity contribution < 1.29 is 22.7 Å². The SMILES string of the molecule is CCOC(=O)C1CCc2sc(NC3(C(F)(F)F)CC3)nc21. The molecule has 4 nitrogen and oxygen atoms in total. The number of carbonyl (C=O) groups excluding carboxylic acids is 1. The number of nitrogens with zero attached hydrogens (tertiary/aromatic N) is 1. The first kappa shape index (κ1) is 14.6. The van der Waals surface area contributed by atoms with Crippen molar-refractivity contribution in [3.63, 3.8) is 0 Å². The molecular formula is C13H15F3N2O2S. The van der Waals surface area contributed by atoms with Gasteiger partial charge in [-0.15, -0.1) is 11.3 Å². The van der Waals surface area contributed by atoms with Crippen LogP contribution in [0, 0.1) is 0 Å². The summed E-state index contributed by atoms with van der Waals surface area (Å²) in [7, 11) is 0. The van der Waals surface area contributed by atoms with Crippen LogP contribution in [0.15, 0.2) is 0 Å². The molecule has 0 aliphatic heterocycles. The van der Waals surface area contributed by atoms with Crippen LogP contribution >= 0.6 is 11.3 Å². The highest BCUT2D eigenvalue weighted by Crippen LogP contribution is 2.52. The van der Waals surface area contributed by atoms with Gasteiger partial charge in [-0.2, -0.15) is 13.2 Å². The average molecular weight is 320 g/mol. The second-order valence-electron chi connectivity index (χ2n) is 5.38. The maximum absolute atomic E-state index is 12.9. The van der Waals surface area contributed by atoms with Gasteiger partial charge in [0.1, 0.15) is 11.5 Å². The van der Waals surface area contributed by atoms with Gasteiger partial charge in [0.2, 0.25) is 0 Å². The van der Waals surface area contributed by atoms with Gasteiger partial charge < -0.3 is 10.1 Å². The summed E-state index contributed by atoms with van der Waals surface area (Å²) in [5, 5.41) is 2.77. The molecule has 1 heterocycles. The fraction of sp³-hybridized carbons (Fsp3) is 0.692. The van der Waals surface area contributed by atoms with Gasteiger partial charge in [-0.3, -0.25) is 4.79 Å². The number of aromatic nitrogens is 1. The molecule has 1 atom stereocenters. The Labute approximate surface area is 123 Å². The monoisotopic (exact) mass is 320 g/mol. The molecule has 1 N–H and O–H groups in total. The molecule has 0 aromatic carbocycles. The first-order chi connectivity index (χ1) is 9.86. The minimum atomic E-state index is -4.27. The molecule has 0 spiro atoms. The summed E-state index contributed by atoms with van der Waals surface area (Å²) in [6, 6.07) is 0. The standard InChI is InChI=1S/C13H15F3N2O2S/c1-2-20-10(19)7-3-4-8-9(7)17-11(21-8)18-12(5-6-12)13(14,15)16/h7H,2-6H2,1H3,(H,17,18). The van der Waals surface area contributed by atoms with E-state index in [2.05, 4.69) is 10.3 Å². The van der Waals surface area contributed by atoms with Crippen molar-refractivity contribution in [2.75, 3.05) is 11.9 Å². The predicted octanol–water partition coefficient (Wildman–Crippen LogP) is 3.24. The molecule has 21 heavy (non-hydrogen) atoms. The Hall–Kier alpha value is -1.31. The first-order valence-electron chi connectivity index (χ1n) is 6.87. The van der Waals surface area contributed by atoms with Crippen LogP contribution in [0.25, 0.3) is 0 Å². The van der Waals surface area contributed by atoms with E-state index in [0.717, 1.165) is 4.88 Å². The Balaban J connectivity index is 1.77. The molecule has 0 saturated heterocycles. The fourth-order valence-electron chi connectivity index (χ4n) is 2.56. The van der Waals surface area contributed by atoms with Gasteiger partial charge in [-0.05, 0) is 32.6 Å². The highest BCUT2D eigenvalue weighted by Gasteiger charge is 2.64. The van der Waals surface area contributed by atoms with Gasteiger partial charge in [0.05, 0.1) is 12.3 Å². The predicted molar refractivity (Wildman–Crippen MR) is 71.5 cm³/mol. The number of hydrogen-bond donors (Lipinski definition) is 1. The van der Waals surface area contributed by atoms with Crippen molar-refractivity contribution in [3.8, 4) is 0 Å². The van der Waals surface area contributed by atoms with Crippen molar-refractivity contribution in [2.24, 2.45) is 0 Å². The number of rotatable bonds is 4. The number of aryl methyl sites for hydroxylation is 1. The zero-order valence-corrected chi connectivity index (χ0v) is 12.2. The molecule has 1 saturated carbocycles. The lowest BCUT2D eigenvalue weighted by atomic mass is 10.1. The number of ether oxygens (including phenoxy) is 1. The zero-order valence-electron chi connectivity index (χ0n) is 11.4. The van der Waals surface area contributed by atoms with Crippen LogP contribution in [-0.4, -0.2) is 29.3 Å². The van der Waals surface area contributed by atoms with Crippen LogP contribution in [0.5, 0.6) is 0 Å². The molecule has 8 heteroatoms. The Kier molecular flexibility index (Phi) is 3.38. The van der Waals surface area contributed by atoms with Crippen LogP contribution in [0.1, 0.15) is 42.7 Å².